The number of morpholine rings is 1. The third-order valence-electron chi connectivity index (χ3n) is 5.15. The summed E-state index contributed by atoms with van der Waals surface area (Å²) >= 11 is 1.65. The van der Waals surface area contributed by atoms with Gasteiger partial charge in [-0.1, -0.05) is 18.2 Å². The summed E-state index contributed by atoms with van der Waals surface area (Å²) in [6.07, 6.45) is 0. The average molecular weight is 433 g/mol. The molecule has 4 rings (SSSR count). The summed E-state index contributed by atoms with van der Waals surface area (Å²) in [6, 6.07) is 7.13. The van der Waals surface area contributed by atoms with Crippen LogP contribution in [0.25, 0.3) is 10.2 Å². The molecule has 1 saturated heterocycles. The molecule has 0 amide bonds. The first-order chi connectivity index (χ1) is 13.9. The number of benzene rings is 1. The molecule has 0 radical (unpaired) electrons. The predicted molar refractivity (Wildman–Crippen MR) is 115 cm³/mol. The molecule has 1 aliphatic rings. The lowest BCUT2D eigenvalue weighted by Gasteiger charge is -2.27. The van der Waals surface area contributed by atoms with Gasteiger partial charge in [-0.15, -0.1) is 11.3 Å². The van der Waals surface area contributed by atoms with Gasteiger partial charge >= 0.3 is 0 Å². The lowest BCUT2D eigenvalue weighted by molar-refractivity contribution is 0.0730. The van der Waals surface area contributed by atoms with Crippen molar-refractivity contribution in [2.75, 3.05) is 31.6 Å². The Morgan fingerprint density at radius 1 is 1.14 bits per heavy atom. The zero-order valence-electron chi connectivity index (χ0n) is 16.7. The highest BCUT2D eigenvalue weighted by atomic mass is 32.2. The quantitative estimate of drug-likeness (QED) is 0.666. The fraction of sp³-hybridized carbons (Fsp3) is 0.400. The zero-order valence-corrected chi connectivity index (χ0v) is 18.4. The molecular formula is C20H24N4O3S2. The molecule has 0 bridgehead atoms. The van der Waals surface area contributed by atoms with Gasteiger partial charge in [-0.3, -0.25) is 0 Å². The maximum Gasteiger partial charge on any atom is 0.243 e. The van der Waals surface area contributed by atoms with Crippen LogP contribution in [0.1, 0.15) is 21.8 Å². The molecule has 154 valence electrons. The molecular weight excluding hydrogens is 408 g/mol. The Kier molecular flexibility index (Phi) is 5.56. The highest BCUT2D eigenvalue weighted by Gasteiger charge is 2.28. The Morgan fingerprint density at radius 3 is 2.62 bits per heavy atom. The first-order valence-corrected chi connectivity index (χ1v) is 11.8. The van der Waals surface area contributed by atoms with Gasteiger partial charge < -0.3 is 10.1 Å². The topological polar surface area (TPSA) is 84.4 Å². The van der Waals surface area contributed by atoms with Crippen molar-refractivity contribution in [3.05, 3.63) is 46.1 Å². The van der Waals surface area contributed by atoms with E-state index in [4.69, 9.17) is 4.74 Å². The van der Waals surface area contributed by atoms with Gasteiger partial charge in [0.2, 0.25) is 10.0 Å². The molecule has 0 aliphatic carbocycles. The number of rotatable bonds is 5. The molecule has 1 aliphatic heterocycles. The van der Waals surface area contributed by atoms with Crippen LogP contribution in [-0.4, -0.2) is 49.0 Å². The minimum absolute atomic E-state index is 0.328. The van der Waals surface area contributed by atoms with E-state index in [0.717, 1.165) is 21.6 Å². The van der Waals surface area contributed by atoms with E-state index in [0.29, 0.717) is 49.1 Å². The number of thiophene rings is 1. The minimum atomic E-state index is -3.57. The van der Waals surface area contributed by atoms with Crippen molar-refractivity contribution in [3.8, 4) is 0 Å². The Labute approximate surface area is 174 Å². The SMILES string of the molecule is Cc1nc(NCc2ccccc2S(=O)(=O)N2CCOCC2)c2c(C)c(C)sc2n1. The molecule has 0 atom stereocenters. The van der Waals surface area contributed by atoms with E-state index in [9.17, 15) is 8.42 Å². The largest absolute Gasteiger partial charge is 0.379 e. The monoisotopic (exact) mass is 432 g/mol. The van der Waals surface area contributed by atoms with Gasteiger partial charge in [-0.05, 0) is 38.0 Å². The number of aromatic nitrogens is 2. The summed E-state index contributed by atoms with van der Waals surface area (Å²) in [5.41, 5.74) is 1.87. The number of sulfonamides is 1. The molecule has 0 spiro atoms. The lowest BCUT2D eigenvalue weighted by Crippen LogP contribution is -2.41. The Balaban J connectivity index is 1.66. The molecule has 2 aromatic heterocycles. The van der Waals surface area contributed by atoms with Crippen molar-refractivity contribution in [2.45, 2.75) is 32.2 Å². The molecule has 1 aromatic carbocycles. The first kappa shape index (κ1) is 20.2. The second-order valence-electron chi connectivity index (χ2n) is 7.06. The van der Waals surface area contributed by atoms with Crippen molar-refractivity contribution < 1.29 is 13.2 Å². The zero-order chi connectivity index (χ0) is 20.6. The van der Waals surface area contributed by atoms with Crippen molar-refractivity contribution in [1.29, 1.82) is 0 Å². The van der Waals surface area contributed by atoms with Crippen LogP contribution in [-0.2, 0) is 21.3 Å². The van der Waals surface area contributed by atoms with Crippen LogP contribution in [0.4, 0.5) is 5.82 Å². The fourth-order valence-electron chi connectivity index (χ4n) is 3.49. The highest BCUT2D eigenvalue weighted by Crippen LogP contribution is 2.33. The van der Waals surface area contributed by atoms with Crippen molar-refractivity contribution >= 4 is 37.4 Å². The number of hydrogen-bond donors (Lipinski definition) is 1. The van der Waals surface area contributed by atoms with Crippen LogP contribution in [0.5, 0.6) is 0 Å². The van der Waals surface area contributed by atoms with E-state index in [1.165, 1.54) is 9.18 Å². The van der Waals surface area contributed by atoms with Gasteiger partial charge in [0, 0.05) is 24.5 Å². The Bertz CT molecular complexity index is 1150. The highest BCUT2D eigenvalue weighted by molar-refractivity contribution is 7.89. The fourth-order valence-corrected chi connectivity index (χ4v) is 6.20. The number of aryl methyl sites for hydroxylation is 3. The first-order valence-electron chi connectivity index (χ1n) is 9.52. The lowest BCUT2D eigenvalue weighted by atomic mass is 10.2. The molecule has 0 unspecified atom stereocenters. The van der Waals surface area contributed by atoms with Crippen LogP contribution >= 0.6 is 11.3 Å². The smallest absolute Gasteiger partial charge is 0.243 e. The van der Waals surface area contributed by atoms with Gasteiger partial charge in [0.15, 0.2) is 0 Å². The Hall–Kier alpha value is -2.07. The molecule has 3 aromatic rings. The van der Waals surface area contributed by atoms with E-state index in [-0.39, 0.29) is 0 Å². The van der Waals surface area contributed by atoms with Gasteiger partial charge in [0.05, 0.1) is 23.5 Å². The van der Waals surface area contributed by atoms with Gasteiger partial charge in [-0.2, -0.15) is 4.31 Å². The van der Waals surface area contributed by atoms with Crippen molar-refractivity contribution in [2.24, 2.45) is 0 Å². The summed E-state index contributed by atoms with van der Waals surface area (Å²) < 4.78 is 33.1. The molecule has 0 saturated carbocycles. The number of anilines is 1. The average Bonchev–Trinajstić information content (AvgIpc) is 3.00. The van der Waals surface area contributed by atoms with Crippen molar-refractivity contribution in [3.63, 3.8) is 0 Å². The van der Waals surface area contributed by atoms with Gasteiger partial charge in [0.25, 0.3) is 0 Å². The minimum Gasteiger partial charge on any atom is -0.379 e. The number of hydrogen-bond acceptors (Lipinski definition) is 7. The van der Waals surface area contributed by atoms with E-state index in [1.54, 1.807) is 23.5 Å². The maximum atomic E-state index is 13.2. The number of nitrogens with zero attached hydrogens (tertiary/aromatic N) is 3. The number of ether oxygens (including phenoxy) is 1. The number of nitrogens with one attached hydrogen (secondary N) is 1. The molecule has 1 N–H and O–H groups in total. The van der Waals surface area contributed by atoms with Crippen molar-refractivity contribution in [1.82, 2.24) is 14.3 Å². The van der Waals surface area contributed by atoms with E-state index in [2.05, 4.69) is 29.1 Å². The van der Waals surface area contributed by atoms with Crippen LogP contribution in [0.3, 0.4) is 0 Å². The molecule has 29 heavy (non-hydrogen) atoms. The predicted octanol–water partition coefficient (Wildman–Crippen LogP) is 3.25. The van der Waals surface area contributed by atoms with E-state index < -0.39 is 10.0 Å². The molecule has 1 fully saturated rings. The summed E-state index contributed by atoms with van der Waals surface area (Å²) in [5.74, 6) is 1.43. The second kappa shape index (κ2) is 7.98. The third kappa shape index (κ3) is 3.87. The normalized spacial score (nSPS) is 15.7. The van der Waals surface area contributed by atoms with E-state index >= 15 is 0 Å². The van der Waals surface area contributed by atoms with E-state index in [1.807, 2.05) is 19.1 Å². The van der Waals surface area contributed by atoms with Crippen LogP contribution < -0.4 is 5.32 Å². The maximum absolute atomic E-state index is 13.2. The standard InChI is InChI=1S/C20H24N4O3S2/c1-13-14(2)28-20-18(13)19(22-15(3)23-20)21-12-16-6-4-5-7-17(16)29(25,26)24-8-10-27-11-9-24/h4-7H,8-12H2,1-3H3,(H,21,22,23). The van der Waals surface area contributed by atoms with Gasteiger partial charge in [0.1, 0.15) is 16.5 Å². The van der Waals surface area contributed by atoms with Crippen LogP contribution in [0, 0.1) is 20.8 Å². The summed E-state index contributed by atoms with van der Waals surface area (Å²) in [4.78, 5) is 11.6. The van der Waals surface area contributed by atoms with Gasteiger partial charge in [-0.25, -0.2) is 18.4 Å². The second-order valence-corrected chi connectivity index (χ2v) is 10.2. The third-order valence-corrected chi connectivity index (χ3v) is 8.25. The Morgan fingerprint density at radius 2 is 1.86 bits per heavy atom. The summed E-state index contributed by atoms with van der Waals surface area (Å²) in [6.45, 7) is 7.97. The molecule has 9 heteroatoms. The molecule has 3 heterocycles. The van der Waals surface area contributed by atoms with Crippen LogP contribution in [0.2, 0.25) is 0 Å². The number of fused-ring (bicyclic) bond motifs is 1. The summed E-state index contributed by atoms with van der Waals surface area (Å²) in [7, 11) is -3.57. The summed E-state index contributed by atoms with van der Waals surface area (Å²) in [5, 5.41) is 4.37. The van der Waals surface area contributed by atoms with Crippen LogP contribution in [0.15, 0.2) is 29.2 Å². The molecule has 7 nitrogen and oxygen atoms in total.